The molecule has 0 saturated carbocycles. The van der Waals surface area contributed by atoms with E-state index < -0.39 is 0 Å². The first-order chi connectivity index (χ1) is 8.29. The van der Waals surface area contributed by atoms with E-state index in [2.05, 4.69) is 6.92 Å². The first kappa shape index (κ1) is 12.2. The van der Waals surface area contributed by atoms with Crippen molar-refractivity contribution in [3.8, 4) is 0 Å². The Balaban J connectivity index is 1.98. The minimum Gasteiger partial charge on any atom is -0.454 e. The highest BCUT2D eigenvalue weighted by atomic mass is 32.2. The Morgan fingerprint density at radius 2 is 2.06 bits per heavy atom. The van der Waals surface area contributed by atoms with Crippen molar-refractivity contribution >= 4 is 17.7 Å². The Hall–Kier alpha value is -1.22. The second kappa shape index (κ2) is 5.92. The van der Waals surface area contributed by atoms with Gasteiger partial charge in [-0.25, -0.2) is 4.79 Å². The van der Waals surface area contributed by atoms with Gasteiger partial charge in [-0.3, -0.25) is 0 Å². The number of rotatable bonds is 5. The van der Waals surface area contributed by atoms with Crippen LogP contribution in [0.25, 0.3) is 0 Å². The number of ether oxygens (including phenoxy) is 1. The maximum absolute atomic E-state index is 11.6. The molecule has 1 heterocycles. The van der Waals surface area contributed by atoms with Crippen molar-refractivity contribution in [1.82, 2.24) is 0 Å². The lowest BCUT2D eigenvalue weighted by atomic mass is 10.2. The molecular formula is C14H16O2S. The predicted octanol–water partition coefficient (Wildman–Crippen LogP) is 3.78. The summed E-state index contributed by atoms with van der Waals surface area (Å²) in [5.74, 6) is -0.181. The summed E-state index contributed by atoms with van der Waals surface area (Å²) in [7, 11) is 0. The number of carbonyl (C=O) groups is 1. The fourth-order valence-corrected chi connectivity index (χ4v) is 2.60. The molecule has 1 atom stereocenters. The highest BCUT2D eigenvalue weighted by molar-refractivity contribution is 8.04. The lowest BCUT2D eigenvalue weighted by Gasteiger charge is -2.05. The van der Waals surface area contributed by atoms with Gasteiger partial charge in [-0.05, 0) is 31.1 Å². The quantitative estimate of drug-likeness (QED) is 0.742. The molecule has 2 nitrogen and oxygen atoms in total. The third-order valence-electron chi connectivity index (χ3n) is 2.61. The van der Waals surface area contributed by atoms with E-state index in [1.165, 1.54) is 11.8 Å². The first-order valence-corrected chi connectivity index (χ1v) is 6.77. The summed E-state index contributed by atoms with van der Waals surface area (Å²) >= 11 is 1.48. The minimum atomic E-state index is -0.181. The van der Waals surface area contributed by atoms with Crippen LogP contribution in [0.15, 0.2) is 46.2 Å². The standard InChI is InChI=1S/C14H16O2S/c1-2-3-7-11-10-13(14(15)16-11)17-12-8-5-4-6-9-12/h4-6,8-11H,2-3,7H2,1H3. The highest BCUT2D eigenvalue weighted by Gasteiger charge is 2.25. The Kier molecular flexibility index (Phi) is 4.26. The second-order valence-corrected chi connectivity index (χ2v) is 5.15. The predicted molar refractivity (Wildman–Crippen MR) is 69.8 cm³/mol. The van der Waals surface area contributed by atoms with Crippen molar-refractivity contribution in [2.45, 2.75) is 37.2 Å². The van der Waals surface area contributed by atoms with Gasteiger partial charge in [-0.1, -0.05) is 43.3 Å². The van der Waals surface area contributed by atoms with Crippen LogP contribution in [0.3, 0.4) is 0 Å². The van der Waals surface area contributed by atoms with Crippen LogP contribution in [0.4, 0.5) is 0 Å². The van der Waals surface area contributed by atoms with Crippen LogP contribution in [0.2, 0.25) is 0 Å². The number of benzene rings is 1. The largest absolute Gasteiger partial charge is 0.454 e. The molecule has 90 valence electrons. The van der Waals surface area contributed by atoms with Crippen molar-refractivity contribution in [1.29, 1.82) is 0 Å². The van der Waals surface area contributed by atoms with Gasteiger partial charge in [0.2, 0.25) is 0 Å². The maximum Gasteiger partial charge on any atom is 0.345 e. The zero-order valence-electron chi connectivity index (χ0n) is 9.89. The lowest BCUT2D eigenvalue weighted by Crippen LogP contribution is -2.07. The van der Waals surface area contributed by atoms with Gasteiger partial charge in [0.05, 0.1) is 4.91 Å². The molecule has 0 N–H and O–H groups in total. The molecular weight excluding hydrogens is 232 g/mol. The topological polar surface area (TPSA) is 26.3 Å². The average molecular weight is 248 g/mol. The summed E-state index contributed by atoms with van der Waals surface area (Å²) in [6.45, 7) is 2.14. The van der Waals surface area contributed by atoms with Crippen LogP contribution in [0.5, 0.6) is 0 Å². The van der Waals surface area contributed by atoms with Gasteiger partial charge in [-0.15, -0.1) is 0 Å². The fraction of sp³-hybridized carbons (Fsp3) is 0.357. The third kappa shape index (κ3) is 3.37. The van der Waals surface area contributed by atoms with Gasteiger partial charge < -0.3 is 4.74 Å². The SMILES string of the molecule is CCCCC1C=C(Sc2ccccc2)C(=O)O1. The number of hydrogen-bond acceptors (Lipinski definition) is 3. The molecule has 0 fully saturated rings. The molecule has 0 bridgehead atoms. The van der Waals surface area contributed by atoms with Crippen molar-refractivity contribution in [2.75, 3.05) is 0 Å². The molecule has 0 spiro atoms. The molecule has 2 rings (SSSR count). The van der Waals surface area contributed by atoms with E-state index in [9.17, 15) is 4.79 Å². The van der Waals surface area contributed by atoms with Crippen LogP contribution in [-0.2, 0) is 9.53 Å². The number of hydrogen-bond donors (Lipinski definition) is 0. The molecule has 0 saturated heterocycles. The van der Waals surface area contributed by atoms with Gasteiger partial charge in [-0.2, -0.15) is 0 Å². The molecule has 1 aromatic carbocycles. The van der Waals surface area contributed by atoms with Crippen LogP contribution >= 0.6 is 11.8 Å². The molecule has 0 aromatic heterocycles. The zero-order valence-corrected chi connectivity index (χ0v) is 10.7. The molecule has 1 aromatic rings. The van der Waals surface area contributed by atoms with E-state index in [1.807, 2.05) is 36.4 Å². The van der Waals surface area contributed by atoms with E-state index in [4.69, 9.17) is 4.74 Å². The Bertz CT molecular complexity index is 411. The molecule has 0 radical (unpaired) electrons. The van der Waals surface area contributed by atoms with Crippen LogP contribution in [-0.4, -0.2) is 12.1 Å². The van der Waals surface area contributed by atoms with Crippen molar-refractivity contribution in [2.24, 2.45) is 0 Å². The summed E-state index contributed by atoms with van der Waals surface area (Å²) < 4.78 is 5.30. The lowest BCUT2D eigenvalue weighted by molar-refractivity contribution is -0.139. The molecule has 3 heteroatoms. The highest BCUT2D eigenvalue weighted by Crippen LogP contribution is 2.32. The molecule has 17 heavy (non-hydrogen) atoms. The van der Waals surface area contributed by atoms with E-state index >= 15 is 0 Å². The van der Waals surface area contributed by atoms with Gasteiger partial charge in [0, 0.05) is 4.90 Å². The zero-order chi connectivity index (χ0) is 12.1. The smallest absolute Gasteiger partial charge is 0.345 e. The van der Waals surface area contributed by atoms with Crippen molar-refractivity contribution < 1.29 is 9.53 Å². The number of carbonyl (C=O) groups excluding carboxylic acids is 1. The van der Waals surface area contributed by atoms with E-state index in [0.29, 0.717) is 0 Å². The number of cyclic esters (lactones) is 1. The summed E-state index contributed by atoms with van der Waals surface area (Å²) in [5.41, 5.74) is 0. The normalized spacial score (nSPS) is 19.0. The second-order valence-electron chi connectivity index (χ2n) is 4.03. The Morgan fingerprint density at radius 1 is 1.29 bits per heavy atom. The van der Waals surface area contributed by atoms with Crippen LogP contribution in [0.1, 0.15) is 26.2 Å². The summed E-state index contributed by atoms with van der Waals surface area (Å²) in [5, 5.41) is 0. The Morgan fingerprint density at radius 3 is 2.76 bits per heavy atom. The number of esters is 1. The summed E-state index contributed by atoms with van der Waals surface area (Å²) in [4.78, 5) is 13.4. The van der Waals surface area contributed by atoms with Crippen LogP contribution < -0.4 is 0 Å². The minimum absolute atomic E-state index is 0.0198. The molecule has 0 aliphatic carbocycles. The Labute approximate surface area is 106 Å². The monoisotopic (exact) mass is 248 g/mol. The van der Waals surface area contributed by atoms with E-state index in [0.717, 1.165) is 29.1 Å². The molecule has 0 amide bonds. The van der Waals surface area contributed by atoms with Gasteiger partial charge in [0.25, 0.3) is 0 Å². The molecule has 1 aliphatic rings. The summed E-state index contributed by atoms with van der Waals surface area (Å²) in [6, 6.07) is 9.90. The van der Waals surface area contributed by atoms with Gasteiger partial charge >= 0.3 is 5.97 Å². The average Bonchev–Trinajstić information content (AvgIpc) is 2.69. The van der Waals surface area contributed by atoms with E-state index in [1.54, 1.807) is 0 Å². The third-order valence-corrected chi connectivity index (χ3v) is 3.64. The molecule has 1 unspecified atom stereocenters. The van der Waals surface area contributed by atoms with Crippen molar-refractivity contribution in [3.63, 3.8) is 0 Å². The summed E-state index contributed by atoms with van der Waals surface area (Å²) in [6.07, 6.45) is 5.09. The number of thioether (sulfide) groups is 1. The van der Waals surface area contributed by atoms with Crippen molar-refractivity contribution in [3.05, 3.63) is 41.3 Å². The van der Waals surface area contributed by atoms with Gasteiger partial charge in [0.1, 0.15) is 6.10 Å². The van der Waals surface area contributed by atoms with E-state index in [-0.39, 0.29) is 12.1 Å². The fourth-order valence-electron chi connectivity index (χ4n) is 1.71. The van der Waals surface area contributed by atoms with Gasteiger partial charge in [0.15, 0.2) is 0 Å². The maximum atomic E-state index is 11.6. The number of unbranched alkanes of at least 4 members (excludes halogenated alkanes) is 1. The van der Waals surface area contributed by atoms with Crippen LogP contribution in [0, 0.1) is 0 Å². The first-order valence-electron chi connectivity index (χ1n) is 5.95. The molecule has 1 aliphatic heterocycles.